The van der Waals surface area contributed by atoms with Crippen molar-refractivity contribution in [1.82, 2.24) is 0 Å². The predicted molar refractivity (Wildman–Crippen MR) is 79.7 cm³/mol. The fourth-order valence-electron chi connectivity index (χ4n) is 1.95. The maximum Gasteiger partial charge on any atom is 0.259 e. The van der Waals surface area contributed by atoms with Crippen LogP contribution in [0.25, 0.3) is 0 Å². The molecule has 0 unspecified atom stereocenters. The van der Waals surface area contributed by atoms with E-state index < -0.39 is 0 Å². The molecule has 0 saturated carbocycles. The average molecular weight is 320 g/mol. The maximum atomic E-state index is 12.1. The van der Waals surface area contributed by atoms with Gasteiger partial charge in [0.1, 0.15) is 5.75 Å². The number of hydrogen-bond donors (Lipinski definition) is 2. The molecule has 2 aromatic carbocycles. The zero-order valence-corrected chi connectivity index (χ0v) is 12.3. The minimum absolute atomic E-state index is 0.0209. The minimum atomic E-state index is -0.313. The molecule has 98 valence electrons. The number of para-hydroxylation sites is 1. The van der Waals surface area contributed by atoms with Crippen molar-refractivity contribution in [3.63, 3.8) is 0 Å². The van der Waals surface area contributed by atoms with Gasteiger partial charge in [0.15, 0.2) is 0 Å². The van der Waals surface area contributed by atoms with Gasteiger partial charge in [-0.25, -0.2) is 0 Å². The number of halogens is 1. The van der Waals surface area contributed by atoms with Gasteiger partial charge in [0.05, 0.1) is 5.56 Å². The average Bonchev–Trinajstić information content (AvgIpc) is 2.34. The molecule has 0 heterocycles. The van der Waals surface area contributed by atoms with E-state index >= 15 is 0 Å². The van der Waals surface area contributed by atoms with Gasteiger partial charge >= 0.3 is 0 Å². The highest BCUT2D eigenvalue weighted by molar-refractivity contribution is 9.10. The number of phenols is 1. The second-order valence-electron chi connectivity index (χ2n) is 4.39. The molecule has 2 N–H and O–H groups in total. The number of benzene rings is 2. The number of rotatable bonds is 2. The van der Waals surface area contributed by atoms with Crippen molar-refractivity contribution in [2.45, 2.75) is 13.8 Å². The minimum Gasteiger partial charge on any atom is -0.507 e. The lowest BCUT2D eigenvalue weighted by Crippen LogP contribution is -2.14. The quantitative estimate of drug-likeness (QED) is 0.878. The molecule has 1 amide bonds. The van der Waals surface area contributed by atoms with Crippen LogP contribution in [0, 0.1) is 13.8 Å². The lowest BCUT2D eigenvalue weighted by Gasteiger charge is -2.13. The van der Waals surface area contributed by atoms with Crippen LogP contribution in [0.2, 0.25) is 0 Å². The van der Waals surface area contributed by atoms with Gasteiger partial charge in [-0.15, -0.1) is 0 Å². The van der Waals surface area contributed by atoms with Crippen LogP contribution >= 0.6 is 15.9 Å². The standard InChI is InChI=1S/C15H14BrNO2/c1-9-7-11(16)8-10(2)14(9)17-15(19)12-5-3-4-6-13(12)18/h3-8,18H,1-2H3,(H,17,19). The van der Waals surface area contributed by atoms with Crippen LogP contribution in [0.4, 0.5) is 5.69 Å². The van der Waals surface area contributed by atoms with Crippen molar-refractivity contribution in [1.29, 1.82) is 0 Å². The number of hydrogen-bond acceptors (Lipinski definition) is 2. The van der Waals surface area contributed by atoms with Crippen LogP contribution in [0.15, 0.2) is 40.9 Å². The molecule has 2 rings (SSSR count). The third kappa shape index (κ3) is 2.96. The van der Waals surface area contributed by atoms with Crippen molar-refractivity contribution in [3.8, 4) is 5.75 Å². The lowest BCUT2D eigenvalue weighted by atomic mass is 10.1. The number of carbonyl (C=O) groups is 1. The first-order valence-corrected chi connectivity index (χ1v) is 6.64. The van der Waals surface area contributed by atoms with Crippen LogP contribution < -0.4 is 5.32 Å². The Morgan fingerprint density at radius 3 is 2.32 bits per heavy atom. The number of carbonyl (C=O) groups excluding carboxylic acids is 1. The zero-order valence-electron chi connectivity index (χ0n) is 10.7. The smallest absolute Gasteiger partial charge is 0.259 e. The molecule has 0 radical (unpaired) electrons. The molecule has 0 aliphatic carbocycles. The highest BCUT2D eigenvalue weighted by Crippen LogP contribution is 2.26. The van der Waals surface area contributed by atoms with Gasteiger partial charge in [-0.2, -0.15) is 0 Å². The number of anilines is 1. The molecule has 19 heavy (non-hydrogen) atoms. The molecule has 0 fully saturated rings. The summed E-state index contributed by atoms with van der Waals surface area (Å²) >= 11 is 3.42. The van der Waals surface area contributed by atoms with Gasteiger partial charge in [0, 0.05) is 10.2 Å². The molecule has 0 atom stereocenters. The summed E-state index contributed by atoms with van der Waals surface area (Å²) in [7, 11) is 0. The van der Waals surface area contributed by atoms with E-state index in [-0.39, 0.29) is 17.2 Å². The lowest BCUT2D eigenvalue weighted by molar-refractivity contribution is 0.102. The molecule has 4 heteroatoms. The molecular formula is C15H14BrNO2. The third-order valence-corrected chi connectivity index (χ3v) is 3.34. The molecule has 0 aliphatic heterocycles. The number of amides is 1. The van der Waals surface area contributed by atoms with Crippen LogP contribution in [-0.4, -0.2) is 11.0 Å². The van der Waals surface area contributed by atoms with E-state index in [1.807, 2.05) is 26.0 Å². The van der Waals surface area contributed by atoms with Crippen molar-refractivity contribution in [2.75, 3.05) is 5.32 Å². The molecule has 0 aromatic heterocycles. The first kappa shape index (κ1) is 13.6. The Labute approximate surface area is 120 Å². The summed E-state index contributed by atoms with van der Waals surface area (Å²) in [6.07, 6.45) is 0. The number of aryl methyl sites for hydroxylation is 2. The highest BCUT2D eigenvalue weighted by Gasteiger charge is 2.13. The van der Waals surface area contributed by atoms with Crippen LogP contribution in [-0.2, 0) is 0 Å². The Balaban J connectivity index is 2.32. The summed E-state index contributed by atoms with van der Waals surface area (Å²) in [5.74, 6) is -0.334. The maximum absolute atomic E-state index is 12.1. The summed E-state index contributed by atoms with van der Waals surface area (Å²) in [6, 6.07) is 10.4. The van der Waals surface area contributed by atoms with E-state index in [1.165, 1.54) is 6.07 Å². The Morgan fingerprint density at radius 1 is 1.16 bits per heavy atom. The summed E-state index contributed by atoms with van der Waals surface area (Å²) in [5.41, 5.74) is 2.98. The summed E-state index contributed by atoms with van der Waals surface area (Å²) in [6.45, 7) is 3.86. The molecule has 2 aromatic rings. The number of aromatic hydroxyl groups is 1. The topological polar surface area (TPSA) is 49.3 Å². The van der Waals surface area contributed by atoms with Gasteiger partial charge < -0.3 is 10.4 Å². The molecular weight excluding hydrogens is 306 g/mol. The van der Waals surface area contributed by atoms with Crippen LogP contribution in [0.5, 0.6) is 5.75 Å². The number of nitrogens with one attached hydrogen (secondary N) is 1. The van der Waals surface area contributed by atoms with E-state index in [2.05, 4.69) is 21.2 Å². The Morgan fingerprint density at radius 2 is 1.74 bits per heavy atom. The SMILES string of the molecule is Cc1cc(Br)cc(C)c1NC(=O)c1ccccc1O. The Hall–Kier alpha value is -1.81. The molecule has 0 spiro atoms. The van der Waals surface area contributed by atoms with Crippen molar-refractivity contribution >= 4 is 27.5 Å². The van der Waals surface area contributed by atoms with E-state index in [4.69, 9.17) is 0 Å². The number of phenolic OH excluding ortho intramolecular Hbond substituents is 1. The van der Waals surface area contributed by atoms with Gasteiger partial charge in [0.2, 0.25) is 0 Å². The second-order valence-corrected chi connectivity index (χ2v) is 5.30. The largest absolute Gasteiger partial charge is 0.507 e. The van der Waals surface area contributed by atoms with Gasteiger partial charge in [0.25, 0.3) is 5.91 Å². The van der Waals surface area contributed by atoms with E-state index in [1.54, 1.807) is 18.2 Å². The summed E-state index contributed by atoms with van der Waals surface area (Å²) in [4.78, 5) is 12.1. The van der Waals surface area contributed by atoms with Crippen molar-refractivity contribution < 1.29 is 9.90 Å². The highest BCUT2D eigenvalue weighted by atomic mass is 79.9. The van der Waals surface area contributed by atoms with Crippen molar-refractivity contribution in [2.24, 2.45) is 0 Å². The normalized spacial score (nSPS) is 10.3. The van der Waals surface area contributed by atoms with Gasteiger partial charge in [-0.3, -0.25) is 4.79 Å². The van der Waals surface area contributed by atoms with E-state index in [0.717, 1.165) is 21.3 Å². The van der Waals surface area contributed by atoms with E-state index in [9.17, 15) is 9.90 Å². The predicted octanol–water partition coefficient (Wildman–Crippen LogP) is 4.02. The van der Waals surface area contributed by atoms with Gasteiger partial charge in [-0.1, -0.05) is 28.1 Å². The zero-order chi connectivity index (χ0) is 14.0. The third-order valence-electron chi connectivity index (χ3n) is 2.88. The molecule has 0 bridgehead atoms. The Kier molecular flexibility index (Phi) is 3.90. The summed E-state index contributed by atoms with van der Waals surface area (Å²) in [5, 5.41) is 12.5. The molecule has 3 nitrogen and oxygen atoms in total. The first-order chi connectivity index (χ1) is 8.99. The molecule has 0 aliphatic rings. The second kappa shape index (κ2) is 5.45. The summed E-state index contributed by atoms with van der Waals surface area (Å²) < 4.78 is 0.975. The first-order valence-electron chi connectivity index (χ1n) is 5.85. The fraction of sp³-hybridized carbons (Fsp3) is 0.133. The van der Waals surface area contributed by atoms with Crippen LogP contribution in [0.1, 0.15) is 21.5 Å². The Bertz CT molecular complexity index is 615. The van der Waals surface area contributed by atoms with Crippen molar-refractivity contribution in [3.05, 3.63) is 57.6 Å². The van der Waals surface area contributed by atoms with Gasteiger partial charge in [-0.05, 0) is 49.2 Å². The fourth-order valence-corrected chi connectivity index (χ4v) is 2.64. The van der Waals surface area contributed by atoms with Crippen LogP contribution in [0.3, 0.4) is 0 Å². The monoisotopic (exact) mass is 319 g/mol. The molecule has 0 saturated heterocycles. The van der Waals surface area contributed by atoms with E-state index in [0.29, 0.717) is 0 Å².